The number of carbonyl (C=O) groups is 1. The van der Waals surface area contributed by atoms with E-state index >= 15 is 0 Å². The summed E-state index contributed by atoms with van der Waals surface area (Å²) in [6, 6.07) is 0. The van der Waals surface area contributed by atoms with Gasteiger partial charge in [0.15, 0.2) is 5.75 Å². The van der Waals surface area contributed by atoms with Crippen molar-refractivity contribution in [3.63, 3.8) is 0 Å². The Morgan fingerprint density at radius 1 is 1.05 bits per heavy atom. The van der Waals surface area contributed by atoms with Crippen LogP contribution in [-0.4, -0.2) is 29.8 Å². The molecule has 5 nitrogen and oxygen atoms in total. The van der Waals surface area contributed by atoms with Crippen molar-refractivity contribution < 1.29 is 74.3 Å². The molecule has 0 atom stereocenters. The van der Waals surface area contributed by atoms with Gasteiger partial charge < -0.3 is 12.0 Å². The second-order valence-corrected chi connectivity index (χ2v) is 5.55. The van der Waals surface area contributed by atoms with E-state index in [2.05, 4.69) is 13.8 Å². The molecule has 0 rings (SSSR count). The van der Waals surface area contributed by atoms with E-state index in [4.69, 9.17) is 9.66 Å². The number of aliphatic carboxylic acids is 1. The third-order valence-corrected chi connectivity index (χ3v) is 2.77. The van der Waals surface area contributed by atoms with E-state index in [0.29, 0.717) is 0 Å². The van der Waals surface area contributed by atoms with Crippen molar-refractivity contribution in [3.05, 3.63) is 6.92 Å². The molecule has 0 aromatic carbocycles. The number of rotatable bonds is 9. The van der Waals surface area contributed by atoms with E-state index in [0.717, 1.165) is 6.42 Å². The van der Waals surface area contributed by atoms with Crippen LogP contribution in [0.2, 0.25) is 0 Å². The van der Waals surface area contributed by atoms with Gasteiger partial charge in [0.2, 0.25) is 0 Å². The standard InChI is InChI=1S/C10H21.C2H4O5S.K/c1-3-5-7-9-10-8-6-4-2;3-2(4)1-8(5,6)7;/h1,3-10H2,2H3;1H2,(H,3,4)(H,5,6,7);/q-1;;+1. The summed E-state index contributed by atoms with van der Waals surface area (Å²) in [6.45, 7) is 6.08. The van der Waals surface area contributed by atoms with Crippen molar-refractivity contribution in [2.75, 3.05) is 5.75 Å². The molecule has 0 spiro atoms. The van der Waals surface area contributed by atoms with Crippen LogP contribution in [0.1, 0.15) is 58.3 Å². The molecule has 2 N–H and O–H groups in total. The number of carboxylic acid groups (broad SMARTS) is 1. The Kier molecular flexibility index (Phi) is 22.5. The Morgan fingerprint density at radius 2 is 1.47 bits per heavy atom. The predicted octanol–water partition coefficient (Wildman–Crippen LogP) is -0.0760. The minimum Gasteiger partial charge on any atom is -0.480 e. The fourth-order valence-electron chi connectivity index (χ4n) is 1.29. The summed E-state index contributed by atoms with van der Waals surface area (Å²) < 4.78 is 27.0. The van der Waals surface area contributed by atoms with E-state index in [1.807, 2.05) is 0 Å². The van der Waals surface area contributed by atoms with Gasteiger partial charge in [-0.05, 0) is 0 Å². The molecule has 110 valence electrons. The quantitative estimate of drug-likeness (QED) is 0.268. The summed E-state index contributed by atoms with van der Waals surface area (Å²) in [5.41, 5.74) is 0. The molecule has 7 heteroatoms. The molecule has 0 unspecified atom stereocenters. The molecular weight excluding hydrogens is 295 g/mol. The Morgan fingerprint density at radius 3 is 1.74 bits per heavy atom. The van der Waals surface area contributed by atoms with Crippen molar-refractivity contribution in [3.8, 4) is 0 Å². The zero-order valence-electron chi connectivity index (χ0n) is 12.1. The Hall–Kier alpha value is 1.02. The first-order valence-corrected chi connectivity index (χ1v) is 7.90. The summed E-state index contributed by atoms with van der Waals surface area (Å²) in [7, 11) is -4.32. The molecule has 0 saturated heterocycles. The maximum atomic E-state index is 9.62. The minimum atomic E-state index is -4.32. The first kappa shape index (κ1) is 25.0. The summed E-state index contributed by atoms with van der Waals surface area (Å²) in [5.74, 6) is -2.79. The number of unbranched alkanes of at least 4 members (excludes halogenated alkanes) is 7. The van der Waals surface area contributed by atoms with E-state index < -0.39 is 21.8 Å². The fourth-order valence-corrected chi connectivity index (χ4v) is 1.60. The topological polar surface area (TPSA) is 91.7 Å². The maximum absolute atomic E-state index is 9.62. The molecule has 0 aromatic rings. The third kappa shape index (κ3) is 32.5. The van der Waals surface area contributed by atoms with Crippen LogP contribution in [0.4, 0.5) is 0 Å². The smallest absolute Gasteiger partial charge is 0.480 e. The van der Waals surface area contributed by atoms with E-state index in [-0.39, 0.29) is 51.4 Å². The van der Waals surface area contributed by atoms with Crippen LogP contribution in [0.3, 0.4) is 0 Å². The largest absolute Gasteiger partial charge is 1.00 e. The van der Waals surface area contributed by atoms with E-state index in [1.165, 1.54) is 44.9 Å². The van der Waals surface area contributed by atoms with Gasteiger partial charge in [-0.15, -0.1) is 0 Å². The second-order valence-electron chi connectivity index (χ2n) is 4.09. The van der Waals surface area contributed by atoms with Crippen LogP contribution in [-0.2, 0) is 14.9 Å². The summed E-state index contributed by atoms with van der Waals surface area (Å²) in [6.07, 6.45) is 10.9. The predicted molar refractivity (Wildman–Crippen MR) is 72.0 cm³/mol. The molecule has 0 aliphatic carbocycles. The molecule has 0 aromatic heterocycles. The average Bonchev–Trinajstić information content (AvgIpc) is 2.20. The Bertz CT molecular complexity index is 282. The first-order valence-electron chi connectivity index (χ1n) is 6.29. The first-order chi connectivity index (χ1) is 8.33. The molecule has 0 bridgehead atoms. The Balaban J connectivity index is -0.000000262. The maximum Gasteiger partial charge on any atom is 1.00 e. The second kappa shape index (κ2) is 17.1. The van der Waals surface area contributed by atoms with Crippen LogP contribution in [0.25, 0.3) is 0 Å². The molecular formula is C12H25KO5S. The Labute approximate surface area is 159 Å². The van der Waals surface area contributed by atoms with Gasteiger partial charge in [0.05, 0.1) is 0 Å². The van der Waals surface area contributed by atoms with Crippen LogP contribution in [0, 0.1) is 6.92 Å². The number of hydrogen-bond donors (Lipinski definition) is 2. The van der Waals surface area contributed by atoms with Crippen LogP contribution in [0.15, 0.2) is 0 Å². The van der Waals surface area contributed by atoms with Gasteiger partial charge in [-0.25, -0.2) is 0 Å². The molecule has 0 aliphatic rings. The molecule has 0 radical (unpaired) electrons. The molecule has 0 saturated carbocycles. The molecule has 0 amide bonds. The van der Waals surface area contributed by atoms with Gasteiger partial charge in [0.25, 0.3) is 10.1 Å². The van der Waals surface area contributed by atoms with Crippen molar-refractivity contribution in [1.29, 1.82) is 0 Å². The van der Waals surface area contributed by atoms with Crippen molar-refractivity contribution in [1.82, 2.24) is 0 Å². The van der Waals surface area contributed by atoms with Gasteiger partial charge in [0.1, 0.15) is 0 Å². The van der Waals surface area contributed by atoms with E-state index in [1.54, 1.807) is 0 Å². The van der Waals surface area contributed by atoms with Crippen LogP contribution >= 0.6 is 0 Å². The monoisotopic (exact) mass is 320 g/mol. The van der Waals surface area contributed by atoms with Gasteiger partial charge in [-0.2, -0.15) is 14.8 Å². The average molecular weight is 320 g/mol. The van der Waals surface area contributed by atoms with Gasteiger partial charge in [-0.1, -0.05) is 51.9 Å². The van der Waals surface area contributed by atoms with E-state index in [9.17, 15) is 13.2 Å². The van der Waals surface area contributed by atoms with Crippen molar-refractivity contribution in [2.24, 2.45) is 0 Å². The van der Waals surface area contributed by atoms with Crippen molar-refractivity contribution in [2.45, 2.75) is 58.3 Å². The molecule has 0 aliphatic heterocycles. The zero-order valence-corrected chi connectivity index (χ0v) is 16.0. The van der Waals surface area contributed by atoms with Gasteiger partial charge >= 0.3 is 57.4 Å². The zero-order chi connectivity index (χ0) is 14.4. The minimum absolute atomic E-state index is 0. The van der Waals surface area contributed by atoms with Crippen LogP contribution < -0.4 is 51.4 Å². The SMILES string of the molecule is O=C(O)CS(=O)(=O)O.[CH2-]CCCCCCCCC.[K+]. The summed E-state index contributed by atoms with van der Waals surface area (Å²) >= 11 is 0. The summed E-state index contributed by atoms with van der Waals surface area (Å²) in [5, 5.41) is 7.71. The van der Waals surface area contributed by atoms with Gasteiger partial charge in [0, 0.05) is 0 Å². The summed E-state index contributed by atoms with van der Waals surface area (Å²) in [4.78, 5) is 9.48. The van der Waals surface area contributed by atoms with Crippen molar-refractivity contribution >= 4 is 16.1 Å². The molecule has 0 fully saturated rings. The fraction of sp³-hybridized carbons (Fsp3) is 0.833. The third-order valence-electron chi connectivity index (χ3n) is 2.16. The van der Waals surface area contributed by atoms with Gasteiger partial charge in [-0.3, -0.25) is 9.35 Å². The normalized spacial score (nSPS) is 10.1. The molecule has 0 heterocycles. The number of carboxylic acids is 1. The molecule has 19 heavy (non-hydrogen) atoms. The number of hydrogen-bond acceptors (Lipinski definition) is 3. The van der Waals surface area contributed by atoms with Crippen LogP contribution in [0.5, 0.6) is 0 Å².